The highest BCUT2D eigenvalue weighted by molar-refractivity contribution is 7.17. The van der Waals surface area contributed by atoms with Crippen molar-refractivity contribution >= 4 is 28.4 Å². The van der Waals surface area contributed by atoms with Gasteiger partial charge in [-0.25, -0.2) is 9.78 Å². The van der Waals surface area contributed by atoms with Gasteiger partial charge in [-0.2, -0.15) is 0 Å². The zero-order valence-corrected chi connectivity index (χ0v) is 14.7. The number of nitrogens with zero attached hydrogens (tertiary/aromatic N) is 3. The zero-order valence-electron chi connectivity index (χ0n) is 13.9. The fraction of sp³-hybridized carbons (Fsp3) is 0.389. The van der Waals surface area contributed by atoms with Crippen molar-refractivity contribution in [2.75, 3.05) is 24.5 Å². The van der Waals surface area contributed by atoms with Crippen molar-refractivity contribution in [3.05, 3.63) is 47.0 Å². The molecule has 2 fully saturated rings. The lowest BCUT2D eigenvalue weighted by molar-refractivity contribution is 0.0955. The number of carbonyl (C=O) groups excluding carboxylic acids is 2. The fourth-order valence-corrected chi connectivity index (χ4v) is 3.70. The lowest BCUT2D eigenvalue weighted by Gasteiger charge is -2.16. The molecule has 1 saturated heterocycles. The molecule has 1 saturated carbocycles. The molecule has 1 aromatic carbocycles. The van der Waals surface area contributed by atoms with Crippen LogP contribution in [0.2, 0.25) is 0 Å². The third-order valence-electron chi connectivity index (χ3n) is 4.51. The van der Waals surface area contributed by atoms with Gasteiger partial charge in [0.2, 0.25) is 0 Å². The van der Waals surface area contributed by atoms with Crippen molar-refractivity contribution in [3.63, 3.8) is 0 Å². The average molecular weight is 356 g/mol. The second-order valence-electron chi connectivity index (χ2n) is 6.50. The first-order valence-electron chi connectivity index (χ1n) is 8.55. The van der Waals surface area contributed by atoms with E-state index < -0.39 is 0 Å². The van der Waals surface area contributed by atoms with E-state index in [1.807, 2.05) is 35.2 Å². The molecule has 1 aliphatic heterocycles. The SMILES string of the molecule is O=C(NCC1CC1)c1cnc(N2CCN(Cc3ccccc3)C2=O)s1. The van der Waals surface area contributed by atoms with Gasteiger partial charge < -0.3 is 10.2 Å². The van der Waals surface area contributed by atoms with E-state index in [-0.39, 0.29) is 11.9 Å². The summed E-state index contributed by atoms with van der Waals surface area (Å²) in [7, 11) is 0. The highest BCUT2D eigenvalue weighted by Gasteiger charge is 2.32. The number of thiazole rings is 1. The van der Waals surface area contributed by atoms with Gasteiger partial charge in [0, 0.05) is 26.2 Å². The van der Waals surface area contributed by atoms with Gasteiger partial charge >= 0.3 is 6.03 Å². The molecular formula is C18H20N4O2S. The molecule has 4 rings (SSSR count). The maximum Gasteiger partial charge on any atom is 0.326 e. The van der Waals surface area contributed by atoms with E-state index in [4.69, 9.17) is 0 Å². The molecule has 3 amide bonds. The van der Waals surface area contributed by atoms with Crippen LogP contribution >= 0.6 is 11.3 Å². The van der Waals surface area contributed by atoms with Crippen molar-refractivity contribution < 1.29 is 9.59 Å². The van der Waals surface area contributed by atoms with Crippen LogP contribution in [0.5, 0.6) is 0 Å². The van der Waals surface area contributed by atoms with Gasteiger partial charge in [0.25, 0.3) is 5.91 Å². The lowest BCUT2D eigenvalue weighted by Crippen LogP contribution is -2.31. The van der Waals surface area contributed by atoms with Crippen molar-refractivity contribution in [1.82, 2.24) is 15.2 Å². The molecule has 130 valence electrons. The van der Waals surface area contributed by atoms with E-state index in [9.17, 15) is 9.59 Å². The topological polar surface area (TPSA) is 65.5 Å². The Morgan fingerprint density at radius 2 is 2.04 bits per heavy atom. The van der Waals surface area contributed by atoms with Crippen molar-refractivity contribution in [2.45, 2.75) is 19.4 Å². The molecule has 2 aromatic rings. The monoisotopic (exact) mass is 356 g/mol. The molecule has 0 unspecified atom stereocenters. The van der Waals surface area contributed by atoms with Crippen molar-refractivity contribution in [1.29, 1.82) is 0 Å². The van der Waals surface area contributed by atoms with Crippen molar-refractivity contribution in [2.24, 2.45) is 5.92 Å². The summed E-state index contributed by atoms with van der Waals surface area (Å²) in [5.41, 5.74) is 1.11. The second-order valence-corrected chi connectivity index (χ2v) is 7.51. The van der Waals surface area contributed by atoms with Crippen LogP contribution in [0.15, 0.2) is 36.5 Å². The van der Waals surface area contributed by atoms with Gasteiger partial charge in [0.15, 0.2) is 5.13 Å². The maximum atomic E-state index is 12.6. The van der Waals surface area contributed by atoms with Gasteiger partial charge in [-0.1, -0.05) is 41.7 Å². The number of nitrogens with one attached hydrogen (secondary N) is 1. The number of urea groups is 1. The summed E-state index contributed by atoms with van der Waals surface area (Å²) in [6, 6.07) is 9.89. The summed E-state index contributed by atoms with van der Waals surface area (Å²) < 4.78 is 0. The van der Waals surface area contributed by atoms with Crippen LogP contribution in [-0.2, 0) is 6.54 Å². The highest BCUT2D eigenvalue weighted by Crippen LogP contribution is 2.29. The summed E-state index contributed by atoms with van der Waals surface area (Å²) in [5, 5.41) is 3.53. The molecule has 1 aliphatic carbocycles. The summed E-state index contributed by atoms with van der Waals surface area (Å²) in [5.74, 6) is 0.548. The van der Waals surface area contributed by atoms with E-state index >= 15 is 0 Å². The Morgan fingerprint density at radius 1 is 1.24 bits per heavy atom. The number of amides is 3. The Balaban J connectivity index is 1.38. The van der Waals surface area contributed by atoms with Gasteiger partial charge in [-0.15, -0.1) is 0 Å². The predicted octanol–water partition coefficient (Wildman–Crippen LogP) is 2.73. The summed E-state index contributed by atoms with van der Waals surface area (Å²) >= 11 is 1.28. The number of hydrogen-bond donors (Lipinski definition) is 1. The highest BCUT2D eigenvalue weighted by atomic mass is 32.1. The normalized spacial score (nSPS) is 17.2. The van der Waals surface area contributed by atoms with Crippen LogP contribution in [0, 0.1) is 5.92 Å². The number of rotatable bonds is 6. The molecule has 0 spiro atoms. The first-order valence-corrected chi connectivity index (χ1v) is 9.37. The molecule has 2 heterocycles. The Morgan fingerprint density at radius 3 is 2.80 bits per heavy atom. The van der Waals surface area contributed by atoms with Gasteiger partial charge in [-0.3, -0.25) is 9.69 Å². The molecule has 1 aromatic heterocycles. The minimum Gasteiger partial charge on any atom is -0.351 e. The summed E-state index contributed by atoms with van der Waals surface area (Å²) in [4.78, 5) is 33.1. The molecule has 0 atom stereocenters. The van der Waals surface area contributed by atoms with Crippen LogP contribution in [0.4, 0.5) is 9.93 Å². The van der Waals surface area contributed by atoms with Crippen molar-refractivity contribution in [3.8, 4) is 0 Å². The minimum atomic E-state index is -0.0940. The zero-order chi connectivity index (χ0) is 17.2. The third kappa shape index (κ3) is 3.66. The Labute approximate surface area is 150 Å². The molecule has 0 bridgehead atoms. The van der Waals surface area contributed by atoms with Gasteiger partial charge in [0.05, 0.1) is 6.20 Å². The van der Waals surface area contributed by atoms with E-state index in [1.54, 1.807) is 11.1 Å². The number of aromatic nitrogens is 1. The van der Waals surface area contributed by atoms with E-state index in [0.717, 1.165) is 12.1 Å². The average Bonchev–Trinajstić information content (AvgIpc) is 3.22. The van der Waals surface area contributed by atoms with Crippen LogP contribution in [0.1, 0.15) is 28.1 Å². The molecule has 0 radical (unpaired) electrons. The minimum absolute atomic E-state index is 0.0526. The van der Waals surface area contributed by atoms with Gasteiger partial charge in [0.1, 0.15) is 4.88 Å². The summed E-state index contributed by atoms with van der Waals surface area (Å²) in [6.45, 7) is 2.59. The third-order valence-corrected chi connectivity index (χ3v) is 5.53. The Kier molecular flexibility index (Phi) is 4.40. The molecular weight excluding hydrogens is 336 g/mol. The number of carbonyl (C=O) groups is 2. The maximum absolute atomic E-state index is 12.6. The standard InChI is InChI=1S/C18H20N4O2S/c23-16(19-10-13-6-7-13)15-11-20-17(25-15)22-9-8-21(18(22)24)12-14-4-2-1-3-5-14/h1-5,11,13H,6-10,12H2,(H,19,23). The summed E-state index contributed by atoms with van der Waals surface area (Å²) in [6.07, 6.45) is 3.97. The number of hydrogen-bond acceptors (Lipinski definition) is 4. The van der Waals surface area contributed by atoms with E-state index in [1.165, 1.54) is 24.2 Å². The van der Waals surface area contributed by atoms with Crippen LogP contribution in [0.3, 0.4) is 0 Å². The van der Waals surface area contributed by atoms with E-state index in [0.29, 0.717) is 35.6 Å². The Bertz CT molecular complexity index is 772. The van der Waals surface area contributed by atoms with Crippen LogP contribution in [-0.4, -0.2) is 41.5 Å². The molecule has 1 N–H and O–H groups in total. The number of benzene rings is 1. The Hall–Kier alpha value is -2.41. The molecule has 6 nitrogen and oxygen atoms in total. The first-order chi connectivity index (χ1) is 12.2. The molecule has 25 heavy (non-hydrogen) atoms. The van der Waals surface area contributed by atoms with Crippen LogP contribution in [0.25, 0.3) is 0 Å². The van der Waals surface area contributed by atoms with Gasteiger partial charge in [-0.05, 0) is 24.3 Å². The fourth-order valence-electron chi connectivity index (χ4n) is 2.85. The van der Waals surface area contributed by atoms with E-state index in [2.05, 4.69) is 10.3 Å². The number of anilines is 1. The van der Waals surface area contributed by atoms with Crippen LogP contribution < -0.4 is 10.2 Å². The molecule has 7 heteroatoms. The quantitative estimate of drug-likeness (QED) is 0.865. The smallest absolute Gasteiger partial charge is 0.326 e. The largest absolute Gasteiger partial charge is 0.351 e. The second kappa shape index (κ2) is 6.84. The predicted molar refractivity (Wildman–Crippen MR) is 96.8 cm³/mol. The molecule has 2 aliphatic rings. The first kappa shape index (κ1) is 16.1. The lowest BCUT2D eigenvalue weighted by atomic mass is 10.2.